The van der Waals surface area contributed by atoms with Crippen molar-refractivity contribution >= 4 is 8.80 Å². The van der Waals surface area contributed by atoms with Crippen molar-refractivity contribution in [2.24, 2.45) is 0 Å². The van der Waals surface area contributed by atoms with E-state index in [0.717, 1.165) is 32.3 Å². The SMILES string of the molecule is CCCCCCCCCCN1CCN(C[Si](OC)(OC)OC)CC1. The first-order chi connectivity index (χ1) is 11.7. The molecule has 6 heteroatoms. The molecule has 0 aliphatic carbocycles. The summed E-state index contributed by atoms with van der Waals surface area (Å²) in [6, 6.07) is 0. The second-order valence-corrected chi connectivity index (χ2v) is 9.80. The first-order valence-electron chi connectivity index (χ1n) is 9.80. The largest absolute Gasteiger partial charge is 0.514 e. The Bertz CT molecular complexity index is 288. The van der Waals surface area contributed by atoms with Gasteiger partial charge in [-0.05, 0) is 13.0 Å². The van der Waals surface area contributed by atoms with Gasteiger partial charge in [-0.2, -0.15) is 0 Å². The van der Waals surface area contributed by atoms with E-state index < -0.39 is 8.80 Å². The lowest BCUT2D eigenvalue weighted by Gasteiger charge is -2.37. The summed E-state index contributed by atoms with van der Waals surface area (Å²) in [6.07, 6.45) is 12.0. The lowest BCUT2D eigenvalue weighted by molar-refractivity contribution is 0.0822. The van der Waals surface area contributed by atoms with Gasteiger partial charge in [-0.3, -0.25) is 4.90 Å². The Balaban J connectivity index is 2.07. The highest BCUT2D eigenvalue weighted by Crippen LogP contribution is 2.13. The third kappa shape index (κ3) is 8.40. The second kappa shape index (κ2) is 13.3. The van der Waals surface area contributed by atoms with Crippen molar-refractivity contribution in [2.45, 2.75) is 58.3 Å². The molecule has 1 saturated heterocycles. The Morgan fingerprint density at radius 3 is 1.62 bits per heavy atom. The summed E-state index contributed by atoms with van der Waals surface area (Å²) in [5.74, 6) is 0. The zero-order valence-electron chi connectivity index (χ0n) is 16.5. The van der Waals surface area contributed by atoms with Gasteiger partial charge in [0, 0.05) is 47.5 Å². The fourth-order valence-corrected chi connectivity index (χ4v) is 5.11. The smallest absolute Gasteiger partial charge is 0.376 e. The van der Waals surface area contributed by atoms with Gasteiger partial charge < -0.3 is 18.2 Å². The Kier molecular flexibility index (Phi) is 12.2. The second-order valence-electron chi connectivity index (χ2n) is 6.89. The average Bonchev–Trinajstić information content (AvgIpc) is 2.63. The monoisotopic (exact) mass is 360 g/mol. The first kappa shape index (κ1) is 22.1. The summed E-state index contributed by atoms with van der Waals surface area (Å²) < 4.78 is 16.6. The quantitative estimate of drug-likeness (QED) is 0.351. The molecule has 1 heterocycles. The molecule has 0 N–H and O–H groups in total. The summed E-state index contributed by atoms with van der Waals surface area (Å²) in [4.78, 5) is 5.02. The molecule has 1 aliphatic heterocycles. The molecular weight excluding hydrogens is 320 g/mol. The Hall–Kier alpha value is 0.0169. The third-order valence-electron chi connectivity index (χ3n) is 5.14. The van der Waals surface area contributed by atoms with Gasteiger partial charge in [0.05, 0.1) is 6.17 Å². The van der Waals surface area contributed by atoms with E-state index in [0.29, 0.717) is 0 Å². The van der Waals surface area contributed by atoms with Crippen LogP contribution < -0.4 is 0 Å². The number of rotatable bonds is 14. The van der Waals surface area contributed by atoms with Gasteiger partial charge in [0.1, 0.15) is 0 Å². The van der Waals surface area contributed by atoms with Gasteiger partial charge in [-0.25, -0.2) is 0 Å². The number of unbranched alkanes of at least 4 members (excludes halogenated alkanes) is 7. The lowest BCUT2D eigenvalue weighted by atomic mass is 10.1. The zero-order chi connectivity index (χ0) is 17.7. The topological polar surface area (TPSA) is 34.2 Å². The van der Waals surface area contributed by atoms with Crippen LogP contribution in [0.5, 0.6) is 0 Å². The van der Waals surface area contributed by atoms with Gasteiger partial charge in [-0.15, -0.1) is 0 Å². The Morgan fingerprint density at radius 2 is 1.12 bits per heavy atom. The molecule has 1 fully saturated rings. The van der Waals surface area contributed by atoms with Crippen LogP contribution in [0, 0.1) is 0 Å². The fraction of sp³-hybridized carbons (Fsp3) is 1.00. The molecule has 0 saturated carbocycles. The minimum absolute atomic E-state index is 0.794. The van der Waals surface area contributed by atoms with Crippen molar-refractivity contribution < 1.29 is 13.3 Å². The molecule has 0 aromatic rings. The van der Waals surface area contributed by atoms with Crippen LogP contribution >= 0.6 is 0 Å². The highest BCUT2D eigenvalue weighted by molar-refractivity contribution is 6.60. The first-order valence-corrected chi connectivity index (χ1v) is 11.7. The van der Waals surface area contributed by atoms with E-state index in [2.05, 4.69) is 16.7 Å². The molecule has 0 amide bonds. The van der Waals surface area contributed by atoms with Gasteiger partial charge in [0.2, 0.25) is 0 Å². The van der Waals surface area contributed by atoms with Crippen LogP contribution in [0.3, 0.4) is 0 Å². The van der Waals surface area contributed by atoms with Crippen LogP contribution in [-0.4, -0.2) is 78.8 Å². The molecular formula is C18H40N2O3Si. The average molecular weight is 361 g/mol. The van der Waals surface area contributed by atoms with Crippen LogP contribution in [-0.2, 0) is 13.3 Å². The number of piperazine rings is 1. The molecule has 0 atom stereocenters. The predicted octanol–water partition coefficient (Wildman–Crippen LogP) is 3.16. The van der Waals surface area contributed by atoms with Crippen LogP contribution in [0.4, 0.5) is 0 Å². The van der Waals surface area contributed by atoms with E-state index in [9.17, 15) is 0 Å². The van der Waals surface area contributed by atoms with Crippen molar-refractivity contribution in [3.63, 3.8) is 0 Å². The van der Waals surface area contributed by atoms with Crippen LogP contribution in [0.15, 0.2) is 0 Å². The summed E-state index contributed by atoms with van der Waals surface area (Å²) >= 11 is 0. The number of hydrogen-bond acceptors (Lipinski definition) is 5. The van der Waals surface area contributed by atoms with E-state index in [1.54, 1.807) is 21.3 Å². The number of nitrogens with zero attached hydrogens (tertiary/aromatic N) is 2. The molecule has 0 aromatic heterocycles. The highest BCUT2D eigenvalue weighted by Gasteiger charge is 2.40. The zero-order valence-corrected chi connectivity index (χ0v) is 17.5. The molecule has 0 unspecified atom stereocenters. The molecule has 0 radical (unpaired) electrons. The van der Waals surface area contributed by atoms with Gasteiger partial charge in [0.15, 0.2) is 0 Å². The molecule has 144 valence electrons. The van der Waals surface area contributed by atoms with Crippen molar-refractivity contribution in [3.05, 3.63) is 0 Å². The maximum absolute atomic E-state index is 5.53. The Labute approximate surface area is 151 Å². The summed E-state index contributed by atoms with van der Waals surface area (Å²) in [5.41, 5.74) is 0. The van der Waals surface area contributed by atoms with Gasteiger partial charge in [-0.1, -0.05) is 51.9 Å². The van der Waals surface area contributed by atoms with E-state index in [-0.39, 0.29) is 0 Å². The van der Waals surface area contributed by atoms with E-state index in [1.807, 2.05) is 0 Å². The molecule has 0 spiro atoms. The van der Waals surface area contributed by atoms with Crippen molar-refractivity contribution in [3.8, 4) is 0 Å². The van der Waals surface area contributed by atoms with Crippen LogP contribution in [0.2, 0.25) is 0 Å². The van der Waals surface area contributed by atoms with Crippen LogP contribution in [0.1, 0.15) is 58.3 Å². The third-order valence-corrected chi connectivity index (χ3v) is 7.84. The standard InChI is InChI=1S/C18H40N2O3Si/c1-5-6-7-8-9-10-11-12-13-19-14-16-20(17-15-19)18-24(21-2,22-3)23-4/h5-18H2,1-4H3. The Morgan fingerprint density at radius 1 is 0.667 bits per heavy atom. The van der Waals surface area contributed by atoms with Crippen molar-refractivity contribution in [1.82, 2.24) is 9.80 Å². The molecule has 1 rings (SSSR count). The molecule has 1 aliphatic rings. The lowest BCUT2D eigenvalue weighted by Crippen LogP contribution is -2.57. The molecule has 5 nitrogen and oxygen atoms in total. The predicted molar refractivity (Wildman–Crippen MR) is 102 cm³/mol. The van der Waals surface area contributed by atoms with Gasteiger partial charge >= 0.3 is 8.80 Å². The van der Waals surface area contributed by atoms with Crippen molar-refractivity contribution in [2.75, 3.05) is 60.2 Å². The maximum atomic E-state index is 5.53. The summed E-state index contributed by atoms with van der Waals surface area (Å²) in [5, 5.41) is 0. The summed E-state index contributed by atoms with van der Waals surface area (Å²) in [7, 11) is 2.61. The fourth-order valence-electron chi connectivity index (χ4n) is 3.36. The minimum atomic E-state index is -2.47. The van der Waals surface area contributed by atoms with Crippen LogP contribution in [0.25, 0.3) is 0 Å². The molecule has 0 bridgehead atoms. The normalized spacial score (nSPS) is 17.5. The number of hydrogen-bond donors (Lipinski definition) is 0. The highest BCUT2D eigenvalue weighted by atomic mass is 28.4. The summed E-state index contributed by atoms with van der Waals surface area (Å²) in [6.45, 7) is 8.01. The van der Waals surface area contributed by atoms with E-state index >= 15 is 0 Å². The van der Waals surface area contributed by atoms with E-state index in [1.165, 1.54) is 57.9 Å². The van der Waals surface area contributed by atoms with Crippen molar-refractivity contribution in [1.29, 1.82) is 0 Å². The maximum Gasteiger partial charge on any atom is 0.514 e. The molecule has 24 heavy (non-hydrogen) atoms. The van der Waals surface area contributed by atoms with E-state index in [4.69, 9.17) is 13.3 Å². The molecule has 0 aromatic carbocycles. The minimum Gasteiger partial charge on any atom is -0.376 e. The van der Waals surface area contributed by atoms with Gasteiger partial charge in [0.25, 0.3) is 0 Å².